The zero-order valence-corrected chi connectivity index (χ0v) is 48.9. The lowest BCUT2D eigenvalue weighted by Gasteiger charge is -2.25. The van der Waals surface area contributed by atoms with Crippen LogP contribution in [0.4, 0.5) is 0 Å². The molecule has 0 radical (unpaired) electrons. The predicted octanol–water partition coefficient (Wildman–Crippen LogP) is 18.7. The molecule has 0 heterocycles. The van der Waals surface area contributed by atoms with E-state index in [-0.39, 0.29) is 38.2 Å². The average Bonchev–Trinajstić information content (AvgIpc) is 3.35. The van der Waals surface area contributed by atoms with Gasteiger partial charge < -0.3 is 28.5 Å². The second kappa shape index (κ2) is 55.5. The lowest BCUT2D eigenvalue weighted by atomic mass is 10.0. The standard InChI is InChI=1S/C63H123NO8/c1-6-8-10-12-14-16-17-18-19-20-21-22-23-24-25-26-27-28-29-30-31-32-33-34-35-36-37-38-39-40-41-42-43-44-45-46-48-50-52-54-61(66)72-59(58-71-63(62(67)68)69-56-55-64(3,4)5)57-70-60(65)53-51-49-47-15-13-11-9-7-2/h59,63H,6-58H2,1-5H3/p+1. The van der Waals surface area contributed by atoms with Gasteiger partial charge in [-0.1, -0.05) is 303 Å². The van der Waals surface area contributed by atoms with Gasteiger partial charge in [-0.3, -0.25) is 9.59 Å². The van der Waals surface area contributed by atoms with E-state index < -0.39 is 18.4 Å². The molecule has 2 atom stereocenters. The third kappa shape index (κ3) is 56.0. The quantitative estimate of drug-likeness (QED) is 0.0278. The van der Waals surface area contributed by atoms with Crippen molar-refractivity contribution in [2.75, 3.05) is 47.5 Å². The van der Waals surface area contributed by atoms with E-state index in [1.165, 1.54) is 263 Å². The summed E-state index contributed by atoms with van der Waals surface area (Å²) < 4.78 is 22.8. The number of hydrogen-bond donors (Lipinski definition) is 1. The van der Waals surface area contributed by atoms with E-state index in [1.807, 2.05) is 21.1 Å². The van der Waals surface area contributed by atoms with Crippen molar-refractivity contribution >= 4 is 17.9 Å². The van der Waals surface area contributed by atoms with Crippen molar-refractivity contribution < 1.29 is 42.9 Å². The highest BCUT2D eigenvalue weighted by atomic mass is 16.7. The minimum absolute atomic E-state index is 0.174. The van der Waals surface area contributed by atoms with Crippen LogP contribution in [0, 0.1) is 0 Å². The zero-order valence-electron chi connectivity index (χ0n) is 48.9. The molecule has 0 rings (SSSR count). The van der Waals surface area contributed by atoms with Crippen LogP contribution in [0.25, 0.3) is 0 Å². The van der Waals surface area contributed by atoms with E-state index in [1.54, 1.807) is 0 Å². The Labute approximate surface area is 447 Å². The van der Waals surface area contributed by atoms with E-state index >= 15 is 0 Å². The summed E-state index contributed by atoms with van der Waals surface area (Å²) in [6, 6.07) is 0. The second-order valence-corrected chi connectivity index (χ2v) is 23.1. The Morgan fingerprint density at radius 3 is 0.889 bits per heavy atom. The molecule has 0 bridgehead atoms. The number of likely N-dealkylation sites (N-methyl/N-ethyl adjacent to an activating group) is 1. The monoisotopic (exact) mass is 1020 g/mol. The number of quaternary nitrogens is 1. The molecule has 0 amide bonds. The van der Waals surface area contributed by atoms with Gasteiger partial charge >= 0.3 is 17.9 Å². The molecule has 0 aliphatic rings. The van der Waals surface area contributed by atoms with Gasteiger partial charge in [0.15, 0.2) is 6.10 Å². The number of carbonyl (C=O) groups excluding carboxylic acids is 2. The topological polar surface area (TPSA) is 108 Å². The molecule has 0 aliphatic heterocycles. The predicted molar refractivity (Wildman–Crippen MR) is 305 cm³/mol. The third-order valence-corrected chi connectivity index (χ3v) is 14.6. The minimum Gasteiger partial charge on any atom is -0.477 e. The Kier molecular flexibility index (Phi) is 54.2. The number of rotatable bonds is 60. The van der Waals surface area contributed by atoms with Gasteiger partial charge in [0, 0.05) is 12.8 Å². The summed E-state index contributed by atoms with van der Waals surface area (Å²) >= 11 is 0. The van der Waals surface area contributed by atoms with Gasteiger partial charge in [0.1, 0.15) is 13.2 Å². The number of ether oxygens (including phenoxy) is 4. The fourth-order valence-electron chi connectivity index (χ4n) is 9.72. The van der Waals surface area contributed by atoms with Crippen molar-refractivity contribution in [1.29, 1.82) is 0 Å². The summed E-state index contributed by atoms with van der Waals surface area (Å²) in [5.41, 5.74) is 0. The SMILES string of the molecule is CCCCCCCCCCCCCCCCCCCCCCCCCCCCCCCCCCCCCCCCCC(=O)OC(COC(=O)CCCCCCCCCC)COC(OCC[N+](C)(C)C)C(=O)O. The highest BCUT2D eigenvalue weighted by Gasteiger charge is 2.25. The van der Waals surface area contributed by atoms with Crippen LogP contribution in [0.15, 0.2) is 0 Å². The normalized spacial score (nSPS) is 12.6. The van der Waals surface area contributed by atoms with Crippen molar-refractivity contribution in [3.05, 3.63) is 0 Å². The Hall–Kier alpha value is -1.71. The Morgan fingerprint density at radius 2 is 0.625 bits per heavy atom. The number of carbonyl (C=O) groups is 3. The molecule has 0 fully saturated rings. The van der Waals surface area contributed by atoms with E-state index in [0.29, 0.717) is 17.4 Å². The van der Waals surface area contributed by atoms with Crippen molar-refractivity contribution in [3.63, 3.8) is 0 Å². The summed E-state index contributed by atoms with van der Waals surface area (Å²) in [6.45, 7) is 4.89. The summed E-state index contributed by atoms with van der Waals surface area (Å²) in [5, 5.41) is 9.66. The van der Waals surface area contributed by atoms with Crippen LogP contribution in [-0.2, 0) is 33.3 Å². The van der Waals surface area contributed by atoms with Crippen LogP contribution in [-0.4, -0.2) is 87.4 Å². The molecular formula is C63H124NO8+. The van der Waals surface area contributed by atoms with Crippen LogP contribution in [0.2, 0.25) is 0 Å². The van der Waals surface area contributed by atoms with E-state index in [9.17, 15) is 19.5 Å². The Morgan fingerprint density at radius 1 is 0.361 bits per heavy atom. The minimum atomic E-state index is -1.50. The van der Waals surface area contributed by atoms with Crippen molar-refractivity contribution in [2.24, 2.45) is 0 Å². The maximum absolute atomic E-state index is 12.8. The highest BCUT2D eigenvalue weighted by molar-refractivity contribution is 5.71. The second-order valence-electron chi connectivity index (χ2n) is 23.1. The van der Waals surface area contributed by atoms with Gasteiger partial charge in [-0.05, 0) is 12.8 Å². The van der Waals surface area contributed by atoms with Crippen LogP contribution in [0.3, 0.4) is 0 Å². The molecule has 72 heavy (non-hydrogen) atoms. The lowest BCUT2D eigenvalue weighted by Crippen LogP contribution is -2.40. The number of nitrogens with zero attached hydrogens (tertiary/aromatic N) is 1. The van der Waals surface area contributed by atoms with Crippen LogP contribution in [0.1, 0.15) is 328 Å². The summed E-state index contributed by atoms with van der Waals surface area (Å²) in [5.74, 6) is -1.99. The Bertz CT molecular complexity index is 1140. The van der Waals surface area contributed by atoms with Crippen LogP contribution in [0.5, 0.6) is 0 Å². The fourth-order valence-corrected chi connectivity index (χ4v) is 9.72. The molecule has 0 aromatic heterocycles. The van der Waals surface area contributed by atoms with Gasteiger partial charge in [0.2, 0.25) is 0 Å². The first-order valence-electron chi connectivity index (χ1n) is 31.7. The first-order chi connectivity index (χ1) is 35.1. The molecule has 9 heteroatoms. The van der Waals surface area contributed by atoms with E-state index in [2.05, 4.69) is 13.8 Å². The van der Waals surface area contributed by atoms with Crippen molar-refractivity contribution in [1.82, 2.24) is 0 Å². The number of hydrogen-bond acceptors (Lipinski definition) is 7. The number of carboxylic acids is 1. The van der Waals surface area contributed by atoms with Gasteiger partial charge in [0.25, 0.3) is 6.29 Å². The number of unbranched alkanes of at least 4 members (excludes halogenated alkanes) is 45. The molecule has 0 aromatic rings. The van der Waals surface area contributed by atoms with Gasteiger partial charge in [0.05, 0.1) is 34.4 Å². The summed E-state index contributed by atoms with van der Waals surface area (Å²) in [6.07, 6.45) is 61.2. The largest absolute Gasteiger partial charge is 0.477 e. The maximum Gasteiger partial charge on any atom is 0.361 e. The summed E-state index contributed by atoms with van der Waals surface area (Å²) in [7, 11) is 5.97. The van der Waals surface area contributed by atoms with Gasteiger partial charge in [-0.25, -0.2) is 4.79 Å². The molecule has 0 aromatic carbocycles. The van der Waals surface area contributed by atoms with Gasteiger partial charge in [-0.2, -0.15) is 0 Å². The molecule has 9 nitrogen and oxygen atoms in total. The number of esters is 2. The van der Waals surface area contributed by atoms with Crippen molar-refractivity contribution in [3.8, 4) is 0 Å². The summed E-state index contributed by atoms with van der Waals surface area (Å²) in [4.78, 5) is 37.2. The van der Waals surface area contributed by atoms with Crippen LogP contribution >= 0.6 is 0 Å². The Balaban J connectivity index is 3.78. The fraction of sp³-hybridized carbons (Fsp3) is 0.952. The highest BCUT2D eigenvalue weighted by Crippen LogP contribution is 2.19. The first-order valence-corrected chi connectivity index (χ1v) is 31.7. The average molecular weight is 1020 g/mol. The zero-order chi connectivity index (χ0) is 52.7. The van der Waals surface area contributed by atoms with Crippen molar-refractivity contribution in [2.45, 2.75) is 341 Å². The molecule has 0 saturated heterocycles. The maximum atomic E-state index is 12.8. The first kappa shape index (κ1) is 70.3. The smallest absolute Gasteiger partial charge is 0.361 e. The molecule has 428 valence electrons. The third-order valence-electron chi connectivity index (χ3n) is 14.6. The molecule has 0 spiro atoms. The van der Waals surface area contributed by atoms with Gasteiger partial charge in [-0.15, -0.1) is 0 Å². The molecule has 1 N–H and O–H groups in total. The molecule has 0 saturated carbocycles. The van der Waals surface area contributed by atoms with Crippen LogP contribution < -0.4 is 0 Å². The molecule has 2 unspecified atom stereocenters. The number of aliphatic carboxylic acids is 1. The van der Waals surface area contributed by atoms with E-state index in [0.717, 1.165) is 38.5 Å². The lowest BCUT2D eigenvalue weighted by molar-refractivity contribution is -0.870. The molecular weight excluding hydrogens is 899 g/mol. The van der Waals surface area contributed by atoms with E-state index in [4.69, 9.17) is 18.9 Å². The number of carboxylic acid groups (broad SMARTS) is 1. The molecule has 0 aliphatic carbocycles.